The van der Waals surface area contributed by atoms with Crippen molar-refractivity contribution >= 4 is 35.6 Å². The number of nitrogens with one attached hydrogen (secondary N) is 1. The van der Waals surface area contributed by atoms with E-state index in [0.29, 0.717) is 17.3 Å². The van der Waals surface area contributed by atoms with Gasteiger partial charge in [-0.2, -0.15) is 0 Å². The van der Waals surface area contributed by atoms with E-state index in [9.17, 15) is 4.79 Å². The SMILES string of the molecule is CC(CN)C(=O)Nc1cccc(Cl)c1.Cl. The molecule has 0 fully saturated rings. The summed E-state index contributed by atoms with van der Waals surface area (Å²) in [6.07, 6.45) is 0. The lowest BCUT2D eigenvalue weighted by atomic mass is 10.1. The van der Waals surface area contributed by atoms with Crippen molar-refractivity contribution in [2.24, 2.45) is 11.7 Å². The molecule has 0 saturated carbocycles. The Balaban J connectivity index is 0.00000196. The van der Waals surface area contributed by atoms with Crippen LogP contribution in [0.4, 0.5) is 5.69 Å². The van der Waals surface area contributed by atoms with Gasteiger partial charge in [-0.15, -0.1) is 12.4 Å². The second kappa shape index (κ2) is 6.67. The zero-order chi connectivity index (χ0) is 10.6. The Morgan fingerprint density at radius 2 is 2.27 bits per heavy atom. The fourth-order valence-electron chi connectivity index (χ4n) is 0.939. The maximum Gasteiger partial charge on any atom is 0.228 e. The first-order valence-corrected chi connectivity index (χ1v) is 4.77. The van der Waals surface area contributed by atoms with Crippen LogP contribution in [0.2, 0.25) is 5.02 Å². The third-order valence-electron chi connectivity index (χ3n) is 1.89. The monoisotopic (exact) mass is 248 g/mol. The maximum absolute atomic E-state index is 11.4. The molecule has 3 N–H and O–H groups in total. The number of nitrogens with two attached hydrogens (primary N) is 1. The van der Waals surface area contributed by atoms with Crippen LogP contribution in [0.15, 0.2) is 24.3 Å². The number of carbonyl (C=O) groups is 1. The lowest BCUT2D eigenvalue weighted by Crippen LogP contribution is -2.26. The van der Waals surface area contributed by atoms with Gasteiger partial charge in [-0.05, 0) is 18.2 Å². The Kier molecular flexibility index (Phi) is 6.32. The lowest BCUT2D eigenvalue weighted by molar-refractivity contribution is -0.119. The van der Waals surface area contributed by atoms with Gasteiger partial charge < -0.3 is 11.1 Å². The van der Waals surface area contributed by atoms with Crippen molar-refractivity contribution in [3.05, 3.63) is 29.3 Å². The first-order chi connectivity index (χ1) is 6.63. The molecule has 1 unspecified atom stereocenters. The van der Waals surface area contributed by atoms with Crippen LogP contribution in [0.25, 0.3) is 0 Å². The second-order valence-corrected chi connectivity index (χ2v) is 3.57. The van der Waals surface area contributed by atoms with Crippen molar-refractivity contribution in [3.8, 4) is 0 Å². The number of rotatable bonds is 3. The first kappa shape index (κ1) is 14.2. The summed E-state index contributed by atoms with van der Waals surface area (Å²) < 4.78 is 0. The predicted molar refractivity (Wildman–Crippen MR) is 65.5 cm³/mol. The van der Waals surface area contributed by atoms with Crippen molar-refractivity contribution < 1.29 is 4.79 Å². The average Bonchev–Trinajstić information content (AvgIpc) is 2.16. The van der Waals surface area contributed by atoms with E-state index in [-0.39, 0.29) is 24.2 Å². The largest absolute Gasteiger partial charge is 0.330 e. The highest BCUT2D eigenvalue weighted by Crippen LogP contribution is 2.15. The number of halogens is 2. The Labute approximate surface area is 100 Å². The number of hydrogen-bond donors (Lipinski definition) is 2. The molecule has 15 heavy (non-hydrogen) atoms. The molecule has 0 bridgehead atoms. The smallest absolute Gasteiger partial charge is 0.228 e. The second-order valence-electron chi connectivity index (χ2n) is 3.14. The molecular formula is C10H14Cl2N2O. The van der Waals surface area contributed by atoms with Gasteiger partial charge in [0.1, 0.15) is 0 Å². The molecule has 0 radical (unpaired) electrons. The van der Waals surface area contributed by atoms with E-state index in [2.05, 4.69) is 5.32 Å². The number of benzene rings is 1. The summed E-state index contributed by atoms with van der Waals surface area (Å²) in [6, 6.07) is 7.02. The molecule has 0 aromatic heterocycles. The van der Waals surface area contributed by atoms with Crippen LogP contribution in [0.3, 0.4) is 0 Å². The van der Waals surface area contributed by atoms with Crippen LogP contribution in [0.1, 0.15) is 6.92 Å². The molecule has 1 aromatic rings. The summed E-state index contributed by atoms with van der Waals surface area (Å²) >= 11 is 5.77. The molecule has 0 aliphatic rings. The lowest BCUT2D eigenvalue weighted by Gasteiger charge is -2.09. The molecule has 0 spiro atoms. The van der Waals surface area contributed by atoms with E-state index in [1.807, 2.05) is 0 Å². The summed E-state index contributed by atoms with van der Waals surface area (Å²) in [5.41, 5.74) is 6.07. The van der Waals surface area contributed by atoms with E-state index in [4.69, 9.17) is 17.3 Å². The van der Waals surface area contributed by atoms with Crippen molar-refractivity contribution in [3.63, 3.8) is 0 Å². The van der Waals surface area contributed by atoms with Crippen molar-refractivity contribution in [1.29, 1.82) is 0 Å². The quantitative estimate of drug-likeness (QED) is 0.863. The van der Waals surface area contributed by atoms with Gasteiger partial charge in [0.15, 0.2) is 0 Å². The van der Waals surface area contributed by atoms with Gasteiger partial charge in [-0.3, -0.25) is 4.79 Å². The summed E-state index contributed by atoms with van der Waals surface area (Å²) in [5.74, 6) is -0.274. The summed E-state index contributed by atoms with van der Waals surface area (Å²) in [6.45, 7) is 2.12. The van der Waals surface area contributed by atoms with Crippen LogP contribution in [0, 0.1) is 5.92 Å². The predicted octanol–water partition coefficient (Wildman–Crippen LogP) is 2.30. The zero-order valence-corrected chi connectivity index (χ0v) is 9.94. The minimum absolute atomic E-state index is 0. The topological polar surface area (TPSA) is 55.1 Å². The van der Waals surface area contributed by atoms with E-state index in [0.717, 1.165) is 0 Å². The van der Waals surface area contributed by atoms with E-state index < -0.39 is 0 Å². The first-order valence-electron chi connectivity index (χ1n) is 4.40. The van der Waals surface area contributed by atoms with Gasteiger partial charge in [-0.1, -0.05) is 24.6 Å². The van der Waals surface area contributed by atoms with Gasteiger partial charge in [0.25, 0.3) is 0 Å². The Morgan fingerprint density at radius 1 is 1.60 bits per heavy atom. The molecule has 5 heteroatoms. The van der Waals surface area contributed by atoms with Gasteiger partial charge >= 0.3 is 0 Å². The third-order valence-corrected chi connectivity index (χ3v) is 2.13. The molecule has 1 amide bonds. The summed E-state index contributed by atoms with van der Waals surface area (Å²) in [5, 5.41) is 3.33. The normalized spacial score (nSPS) is 11.4. The fraction of sp³-hybridized carbons (Fsp3) is 0.300. The van der Waals surface area contributed by atoms with E-state index in [1.54, 1.807) is 31.2 Å². The minimum Gasteiger partial charge on any atom is -0.330 e. The summed E-state index contributed by atoms with van der Waals surface area (Å²) in [7, 11) is 0. The van der Waals surface area contributed by atoms with Crippen LogP contribution in [-0.4, -0.2) is 12.5 Å². The van der Waals surface area contributed by atoms with Crippen LogP contribution >= 0.6 is 24.0 Å². The van der Waals surface area contributed by atoms with Crippen molar-refractivity contribution in [2.75, 3.05) is 11.9 Å². The Bertz CT molecular complexity index is 331. The van der Waals surface area contributed by atoms with Gasteiger partial charge in [0.05, 0.1) is 0 Å². The van der Waals surface area contributed by atoms with Crippen LogP contribution in [0.5, 0.6) is 0 Å². The van der Waals surface area contributed by atoms with E-state index in [1.165, 1.54) is 0 Å². The molecule has 1 atom stereocenters. The Morgan fingerprint density at radius 3 is 2.80 bits per heavy atom. The molecule has 3 nitrogen and oxygen atoms in total. The zero-order valence-electron chi connectivity index (χ0n) is 8.37. The summed E-state index contributed by atoms with van der Waals surface area (Å²) in [4.78, 5) is 11.4. The van der Waals surface area contributed by atoms with Gasteiger partial charge in [0, 0.05) is 23.2 Å². The standard InChI is InChI=1S/C10H13ClN2O.ClH/c1-7(6-12)10(14)13-9-4-2-3-8(11)5-9;/h2-5,7H,6,12H2,1H3,(H,13,14);1H. The molecule has 1 aromatic carbocycles. The highest BCUT2D eigenvalue weighted by Gasteiger charge is 2.10. The average molecular weight is 249 g/mol. The maximum atomic E-state index is 11.4. The molecule has 0 aliphatic carbocycles. The molecule has 84 valence electrons. The van der Waals surface area contributed by atoms with Crippen molar-refractivity contribution in [2.45, 2.75) is 6.92 Å². The number of carbonyl (C=O) groups excluding carboxylic acids is 1. The Hall–Kier alpha value is -0.770. The highest BCUT2D eigenvalue weighted by atomic mass is 35.5. The molecular weight excluding hydrogens is 235 g/mol. The molecule has 0 saturated heterocycles. The number of anilines is 1. The highest BCUT2D eigenvalue weighted by molar-refractivity contribution is 6.30. The van der Waals surface area contributed by atoms with Gasteiger partial charge in [-0.25, -0.2) is 0 Å². The fourth-order valence-corrected chi connectivity index (χ4v) is 1.13. The number of amides is 1. The van der Waals surface area contributed by atoms with Crippen LogP contribution in [-0.2, 0) is 4.79 Å². The van der Waals surface area contributed by atoms with E-state index >= 15 is 0 Å². The van der Waals surface area contributed by atoms with Gasteiger partial charge in [0.2, 0.25) is 5.91 Å². The molecule has 0 heterocycles. The molecule has 0 aliphatic heterocycles. The van der Waals surface area contributed by atoms with Crippen molar-refractivity contribution in [1.82, 2.24) is 0 Å². The molecule has 1 rings (SSSR count). The third kappa shape index (κ3) is 4.51. The van der Waals surface area contributed by atoms with Crippen LogP contribution < -0.4 is 11.1 Å². The number of hydrogen-bond acceptors (Lipinski definition) is 2. The minimum atomic E-state index is -0.186.